The Morgan fingerprint density at radius 3 is 2.62 bits per heavy atom. The zero-order valence-electron chi connectivity index (χ0n) is 20.5. The van der Waals surface area contributed by atoms with Gasteiger partial charge in [-0.2, -0.15) is 0 Å². The van der Waals surface area contributed by atoms with E-state index in [2.05, 4.69) is 0 Å². The summed E-state index contributed by atoms with van der Waals surface area (Å²) in [7, 11) is 0. The fourth-order valence-electron chi connectivity index (χ4n) is 9.44. The molecule has 0 heterocycles. The number of hydrogen-bond donors (Lipinski definition) is 1. The zero-order chi connectivity index (χ0) is 24.8. The lowest BCUT2D eigenvalue weighted by Crippen LogP contribution is -2.66. The number of ether oxygens (including phenoxy) is 1. The number of carbonyl (C=O) groups excluding carboxylic acids is 3. The molecule has 1 spiro atoms. The number of aliphatic hydroxyl groups excluding tert-OH is 1. The molecule has 5 rings (SSSR count). The Hall–Kier alpha value is -1.63. The molecule has 0 aromatic carbocycles. The largest absolute Gasteiger partial charge is 0.458 e. The van der Waals surface area contributed by atoms with Crippen molar-refractivity contribution in [2.24, 2.45) is 45.8 Å². The number of alkyl halides is 2. The first-order chi connectivity index (χ1) is 15.9. The zero-order valence-corrected chi connectivity index (χ0v) is 20.5. The smallest absolute Gasteiger partial charge is 0.306 e. The Morgan fingerprint density at radius 1 is 1.24 bits per heavy atom. The lowest BCUT2D eigenvalue weighted by atomic mass is 9.48. The van der Waals surface area contributed by atoms with E-state index in [9.17, 15) is 19.5 Å². The maximum Gasteiger partial charge on any atom is 0.306 e. The number of Topliss-reactive ketones (excluding diaryl/α,β-unsaturated/α-hetero) is 1. The second kappa shape index (κ2) is 7.44. The summed E-state index contributed by atoms with van der Waals surface area (Å²) in [6.45, 7) is 7.13. The van der Waals surface area contributed by atoms with Gasteiger partial charge in [0.2, 0.25) is 0 Å². The van der Waals surface area contributed by atoms with Crippen molar-refractivity contribution in [1.82, 2.24) is 0 Å². The molecule has 0 bridgehead atoms. The van der Waals surface area contributed by atoms with E-state index < -0.39 is 57.9 Å². The molecule has 11 atom stereocenters. The first kappa shape index (κ1) is 24.1. The van der Waals surface area contributed by atoms with E-state index in [0.29, 0.717) is 12.8 Å². The van der Waals surface area contributed by atoms with E-state index in [1.807, 2.05) is 20.8 Å². The van der Waals surface area contributed by atoms with Gasteiger partial charge in [-0.3, -0.25) is 14.4 Å². The van der Waals surface area contributed by atoms with E-state index in [0.717, 1.165) is 6.42 Å². The van der Waals surface area contributed by atoms with Crippen molar-refractivity contribution in [1.29, 1.82) is 0 Å². The molecule has 4 fully saturated rings. The third kappa shape index (κ3) is 2.60. The van der Waals surface area contributed by atoms with Gasteiger partial charge in [-0.25, -0.2) is 8.78 Å². The van der Waals surface area contributed by atoms with E-state index in [-0.39, 0.29) is 49.3 Å². The van der Waals surface area contributed by atoms with E-state index >= 15 is 8.78 Å². The molecule has 5 aliphatic carbocycles. The highest BCUT2D eigenvalue weighted by Gasteiger charge is 2.92. The van der Waals surface area contributed by atoms with Gasteiger partial charge in [0.25, 0.3) is 0 Å². The Labute approximate surface area is 199 Å². The maximum atomic E-state index is 17.2. The average molecular weight is 479 g/mol. The molecular formula is C27H36F2O5. The van der Waals surface area contributed by atoms with Crippen molar-refractivity contribution in [3.8, 4) is 0 Å². The molecular weight excluding hydrogens is 442 g/mol. The van der Waals surface area contributed by atoms with Gasteiger partial charge in [0, 0.05) is 35.0 Å². The molecule has 188 valence electrons. The second-order valence-corrected chi connectivity index (χ2v) is 12.1. The van der Waals surface area contributed by atoms with Crippen LogP contribution in [0.2, 0.25) is 0 Å². The Morgan fingerprint density at radius 2 is 1.94 bits per heavy atom. The van der Waals surface area contributed by atoms with Gasteiger partial charge in [-0.15, -0.1) is 0 Å². The van der Waals surface area contributed by atoms with Gasteiger partial charge >= 0.3 is 5.97 Å². The Kier molecular flexibility index (Phi) is 5.27. The van der Waals surface area contributed by atoms with Crippen LogP contribution in [0.15, 0.2) is 12.2 Å². The molecule has 0 aromatic rings. The standard InChI is InChI=1S/C27H36F2O5/c1-5-6-7-21(33)34-13-18(31)22-14(2)10-15-16-11-19(28)26-9-8-17(30)23(26)25(26,4)27(16,29)20(32)12-24(15,22)3/h8-9,14-16,19-20,22-23,32H,5-7,10-13H2,1-4H3/t14-,15+,16+,19+,20+,22-,23?,24+,25-,26?,27+/m1/s1. The fourth-order valence-corrected chi connectivity index (χ4v) is 9.44. The van der Waals surface area contributed by atoms with Crippen molar-refractivity contribution in [2.75, 3.05) is 6.61 Å². The minimum absolute atomic E-state index is 0.0584. The number of rotatable bonds is 6. The van der Waals surface area contributed by atoms with Crippen LogP contribution in [-0.4, -0.2) is 47.2 Å². The van der Waals surface area contributed by atoms with E-state index in [4.69, 9.17) is 4.74 Å². The van der Waals surface area contributed by atoms with Crippen LogP contribution in [0, 0.1) is 45.8 Å². The lowest BCUT2D eigenvalue weighted by molar-refractivity contribution is -0.211. The number of hydrogen-bond acceptors (Lipinski definition) is 5. The molecule has 0 amide bonds. The van der Waals surface area contributed by atoms with E-state index in [1.54, 1.807) is 13.0 Å². The number of allylic oxidation sites excluding steroid dienone is 2. The van der Waals surface area contributed by atoms with Gasteiger partial charge in [-0.1, -0.05) is 40.2 Å². The Balaban J connectivity index is 1.43. The molecule has 34 heavy (non-hydrogen) atoms. The number of ketones is 2. The monoisotopic (exact) mass is 478 g/mol. The van der Waals surface area contributed by atoms with Crippen LogP contribution in [0.4, 0.5) is 8.78 Å². The molecule has 5 aliphatic rings. The van der Waals surface area contributed by atoms with Crippen molar-refractivity contribution < 1.29 is 33.0 Å². The molecule has 0 saturated heterocycles. The SMILES string of the molecule is CCCCC(=O)OCC(=O)[C@H]1[C@H](C)C[C@H]2[C@@H]3C[C@H](F)C45C=CC(=O)C4[C@@]5(C)[C@@]3(F)[C@@H](O)C[C@@]21C. The van der Waals surface area contributed by atoms with Gasteiger partial charge in [0.1, 0.15) is 18.4 Å². The predicted octanol–water partition coefficient (Wildman–Crippen LogP) is 4.16. The number of fused-ring (bicyclic) bond motifs is 5. The van der Waals surface area contributed by atoms with Crippen LogP contribution in [0.1, 0.15) is 66.2 Å². The van der Waals surface area contributed by atoms with Crippen molar-refractivity contribution in [2.45, 2.75) is 84.2 Å². The third-order valence-corrected chi connectivity index (χ3v) is 10.8. The third-order valence-electron chi connectivity index (χ3n) is 10.8. The summed E-state index contributed by atoms with van der Waals surface area (Å²) in [5, 5.41) is 11.3. The topological polar surface area (TPSA) is 80.7 Å². The average Bonchev–Trinajstić information content (AvgIpc) is 3.00. The first-order valence-electron chi connectivity index (χ1n) is 12.8. The van der Waals surface area contributed by atoms with Crippen LogP contribution in [0.3, 0.4) is 0 Å². The van der Waals surface area contributed by atoms with Crippen molar-refractivity contribution in [3.05, 3.63) is 12.2 Å². The molecule has 5 nitrogen and oxygen atoms in total. The highest BCUT2D eigenvalue weighted by Crippen LogP contribution is 2.86. The van der Waals surface area contributed by atoms with Crippen LogP contribution < -0.4 is 0 Å². The highest BCUT2D eigenvalue weighted by molar-refractivity contribution is 6.01. The van der Waals surface area contributed by atoms with E-state index in [1.165, 1.54) is 6.08 Å². The highest BCUT2D eigenvalue weighted by atomic mass is 19.1. The predicted molar refractivity (Wildman–Crippen MR) is 120 cm³/mol. The minimum atomic E-state index is -2.09. The van der Waals surface area contributed by atoms with Gasteiger partial charge in [0.05, 0.1) is 6.10 Å². The number of esters is 1. The van der Waals surface area contributed by atoms with Crippen LogP contribution in [-0.2, 0) is 19.1 Å². The first-order valence-corrected chi connectivity index (χ1v) is 12.8. The number of halogens is 2. The van der Waals surface area contributed by atoms with Crippen LogP contribution in [0.25, 0.3) is 0 Å². The lowest BCUT2D eigenvalue weighted by Gasteiger charge is -2.59. The molecule has 0 aromatic heterocycles. The summed E-state index contributed by atoms with van der Waals surface area (Å²) < 4.78 is 38.1. The number of carbonyl (C=O) groups is 3. The normalized spacial score (nSPS) is 52.4. The van der Waals surface area contributed by atoms with Crippen LogP contribution >= 0.6 is 0 Å². The molecule has 2 unspecified atom stereocenters. The number of aliphatic hydroxyl groups is 1. The van der Waals surface area contributed by atoms with Gasteiger partial charge < -0.3 is 9.84 Å². The molecule has 7 heteroatoms. The molecule has 0 radical (unpaired) electrons. The summed E-state index contributed by atoms with van der Waals surface area (Å²) in [6.07, 6.45) is 2.54. The summed E-state index contributed by atoms with van der Waals surface area (Å²) in [6, 6.07) is 0. The molecule has 1 N–H and O–H groups in total. The Bertz CT molecular complexity index is 965. The van der Waals surface area contributed by atoms with Crippen molar-refractivity contribution >= 4 is 17.5 Å². The quantitative estimate of drug-likeness (QED) is 0.580. The minimum Gasteiger partial charge on any atom is -0.458 e. The molecule has 4 saturated carbocycles. The van der Waals surface area contributed by atoms with Crippen LogP contribution in [0.5, 0.6) is 0 Å². The van der Waals surface area contributed by atoms with Gasteiger partial charge in [0.15, 0.2) is 11.6 Å². The second-order valence-electron chi connectivity index (χ2n) is 12.1. The van der Waals surface area contributed by atoms with Crippen molar-refractivity contribution in [3.63, 3.8) is 0 Å². The summed E-state index contributed by atoms with van der Waals surface area (Å²) in [5.41, 5.74) is -5.24. The summed E-state index contributed by atoms with van der Waals surface area (Å²) in [4.78, 5) is 37.7. The molecule has 0 aliphatic heterocycles. The maximum absolute atomic E-state index is 17.2. The van der Waals surface area contributed by atoms with Gasteiger partial charge in [-0.05, 0) is 49.0 Å². The summed E-state index contributed by atoms with van der Waals surface area (Å²) >= 11 is 0. The number of unbranched alkanes of at least 4 members (excludes halogenated alkanes) is 1. The fraction of sp³-hybridized carbons (Fsp3) is 0.815. The summed E-state index contributed by atoms with van der Waals surface area (Å²) in [5.74, 6) is -3.30.